The lowest BCUT2D eigenvalue weighted by atomic mass is 10.0. The van der Waals surface area contributed by atoms with Crippen LogP contribution in [0, 0.1) is 0 Å². The van der Waals surface area contributed by atoms with Gasteiger partial charge in [-0.3, -0.25) is 4.57 Å². The molecule has 0 saturated carbocycles. The van der Waals surface area contributed by atoms with Crippen molar-refractivity contribution in [3.8, 4) is 0 Å². The third-order valence-electron chi connectivity index (χ3n) is 6.47. The Morgan fingerprint density at radius 2 is 1.54 bits per heavy atom. The number of nitrogen functional groups attached to an aromatic ring is 1. The fourth-order valence-electron chi connectivity index (χ4n) is 4.29. The van der Waals surface area contributed by atoms with Crippen molar-refractivity contribution in [1.82, 2.24) is 9.55 Å². The van der Waals surface area contributed by atoms with E-state index in [1.807, 2.05) is 0 Å². The molecule has 1 aliphatic rings. The van der Waals surface area contributed by atoms with E-state index in [1.54, 1.807) is 0 Å². The first kappa shape index (κ1) is 29.2. The lowest BCUT2D eigenvalue weighted by Crippen LogP contribution is -2.36. The zero-order valence-electron chi connectivity index (χ0n) is 20.9. The van der Waals surface area contributed by atoms with Gasteiger partial charge in [0.2, 0.25) is 0 Å². The number of carbonyl (C=O) groups excluding carboxylic acids is 1. The standard InChI is InChI=1S/C25H43N3O7/c1-2-3-4-5-6-7-8-9-10-11-12-13-14-15-34-24(32)18-16-28(25(33)27-22(18)26)23-21(31)20(30)19(17-29)35-23/h16,19-21,23,29-31H,2-15,17H2,1H3,(H2,26,27,33)/t19-,20-,21+,23-/m1/s1. The summed E-state index contributed by atoms with van der Waals surface area (Å²) in [6, 6.07) is 0. The summed E-state index contributed by atoms with van der Waals surface area (Å²) in [4.78, 5) is 28.3. The van der Waals surface area contributed by atoms with E-state index in [0.717, 1.165) is 30.0 Å². The molecule has 4 atom stereocenters. The Kier molecular flexibility index (Phi) is 13.3. The lowest BCUT2D eigenvalue weighted by molar-refractivity contribution is -0.0550. The van der Waals surface area contributed by atoms with Crippen LogP contribution in [0.5, 0.6) is 0 Å². The third-order valence-corrected chi connectivity index (χ3v) is 6.47. The van der Waals surface area contributed by atoms with Gasteiger partial charge in [0.25, 0.3) is 0 Å². The maximum atomic E-state index is 12.5. The zero-order chi connectivity index (χ0) is 25.6. The summed E-state index contributed by atoms with van der Waals surface area (Å²) in [7, 11) is 0. The first-order valence-corrected chi connectivity index (χ1v) is 13.1. The first-order valence-electron chi connectivity index (χ1n) is 13.1. The van der Waals surface area contributed by atoms with Gasteiger partial charge in [0.15, 0.2) is 6.23 Å². The average molecular weight is 498 g/mol. The number of aromatic nitrogens is 2. The number of anilines is 1. The average Bonchev–Trinajstić information content (AvgIpc) is 3.12. The molecule has 1 fully saturated rings. The van der Waals surface area contributed by atoms with E-state index in [0.29, 0.717) is 0 Å². The van der Waals surface area contributed by atoms with Gasteiger partial charge in [0.05, 0.1) is 13.2 Å². The molecule has 0 bridgehead atoms. The second kappa shape index (κ2) is 15.9. The number of nitrogens with zero attached hydrogens (tertiary/aromatic N) is 2. The lowest BCUT2D eigenvalue weighted by Gasteiger charge is -2.18. The summed E-state index contributed by atoms with van der Waals surface area (Å²) < 4.78 is 11.5. The minimum atomic E-state index is -1.48. The number of hydrogen-bond donors (Lipinski definition) is 4. The van der Waals surface area contributed by atoms with E-state index < -0.39 is 42.8 Å². The number of nitrogens with two attached hydrogens (primary N) is 1. The first-order chi connectivity index (χ1) is 16.9. The minimum Gasteiger partial charge on any atom is -0.462 e. The van der Waals surface area contributed by atoms with Crippen LogP contribution in [0.25, 0.3) is 0 Å². The van der Waals surface area contributed by atoms with Gasteiger partial charge in [0.1, 0.15) is 29.7 Å². The zero-order valence-corrected chi connectivity index (χ0v) is 20.9. The van der Waals surface area contributed by atoms with Crippen molar-refractivity contribution in [3.05, 3.63) is 22.2 Å². The molecule has 1 saturated heterocycles. The molecule has 2 rings (SSSR count). The van der Waals surface area contributed by atoms with Crippen LogP contribution in [0.3, 0.4) is 0 Å². The summed E-state index contributed by atoms with van der Waals surface area (Å²) in [6.07, 6.45) is 11.7. The molecule has 1 aromatic heterocycles. The monoisotopic (exact) mass is 497 g/mol. The number of ether oxygens (including phenoxy) is 2. The Labute approximate surface area is 207 Å². The number of aliphatic hydroxyl groups is 3. The molecule has 0 radical (unpaired) electrons. The molecule has 2 heterocycles. The van der Waals surface area contributed by atoms with Crippen molar-refractivity contribution in [2.75, 3.05) is 18.9 Å². The molecule has 0 aliphatic carbocycles. The van der Waals surface area contributed by atoms with Gasteiger partial charge < -0.3 is 30.5 Å². The normalized spacial score (nSPS) is 21.9. The quantitative estimate of drug-likeness (QED) is 0.188. The number of esters is 1. The second-order valence-corrected chi connectivity index (χ2v) is 9.34. The van der Waals surface area contributed by atoms with Gasteiger partial charge in [-0.2, -0.15) is 4.98 Å². The summed E-state index contributed by atoms with van der Waals surface area (Å²) >= 11 is 0. The Hall–Kier alpha value is -2.01. The van der Waals surface area contributed by atoms with Gasteiger partial charge in [-0.05, 0) is 6.42 Å². The van der Waals surface area contributed by atoms with Gasteiger partial charge in [-0.25, -0.2) is 9.59 Å². The molecule has 200 valence electrons. The molecule has 0 amide bonds. The fourth-order valence-corrected chi connectivity index (χ4v) is 4.29. The molecule has 10 nitrogen and oxygen atoms in total. The number of carbonyl (C=O) groups is 1. The van der Waals surface area contributed by atoms with Crippen molar-refractivity contribution < 1.29 is 29.6 Å². The molecule has 10 heteroatoms. The van der Waals surface area contributed by atoms with Crippen LogP contribution in [0.15, 0.2) is 11.0 Å². The van der Waals surface area contributed by atoms with E-state index in [2.05, 4.69) is 11.9 Å². The van der Waals surface area contributed by atoms with E-state index in [4.69, 9.17) is 15.2 Å². The highest BCUT2D eigenvalue weighted by Gasteiger charge is 2.44. The number of aliphatic hydroxyl groups excluding tert-OH is 3. The van der Waals surface area contributed by atoms with Crippen molar-refractivity contribution in [3.63, 3.8) is 0 Å². The Morgan fingerprint density at radius 3 is 2.06 bits per heavy atom. The van der Waals surface area contributed by atoms with E-state index in [1.165, 1.54) is 64.2 Å². The second-order valence-electron chi connectivity index (χ2n) is 9.34. The largest absolute Gasteiger partial charge is 0.462 e. The van der Waals surface area contributed by atoms with Crippen LogP contribution in [0.4, 0.5) is 5.82 Å². The number of hydrogen-bond acceptors (Lipinski definition) is 9. The van der Waals surface area contributed by atoms with Crippen molar-refractivity contribution >= 4 is 11.8 Å². The van der Waals surface area contributed by atoms with E-state index >= 15 is 0 Å². The molecule has 0 unspecified atom stereocenters. The van der Waals surface area contributed by atoms with Crippen LogP contribution < -0.4 is 11.4 Å². The van der Waals surface area contributed by atoms with E-state index in [-0.39, 0.29) is 18.0 Å². The van der Waals surface area contributed by atoms with Crippen LogP contribution in [-0.4, -0.2) is 62.4 Å². The summed E-state index contributed by atoms with van der Waals surface area (Å²) in [6.45, 7) is 1.92. The Morgan fingerprint density at radius 1 is 1.00 bits per heavy atom. The van der Waals surface area contributed by atoms with Crippen LogP contribution in [0.1, 0.15) is 107 Å². The predicted octanol–water partition coefficient (Wildman–Crippen LogP) is 2.69. The predicted molar refractivity (Wildman–Crippen MR) is 132 cm³/mol. The van der Waals surface area contributed by atoms with Gasteiger partial charge in [0, 0.05) is 6.20 Å². The summed E-state index contributed by atoms with van der Waals surface area (Å²) in [5.74, 6) is -1.01. The SMILES string of the molecule is CCCCCCCCCCCCCCCOC(=O)c1cn([C@@H]2O[C@H](CO)[C@@H](O)[C@@H]2O)c(=O)nc1N. The fraction of sp³-hybridized carbons (Fsp3) is 0.800. The third kappa shape index (κ3) is 9.18. The highest BCUT2D eigenvalue weighted by atomic mass is 16.6. The molecular weight excluding hydrogens is 454 g/mol. The number of unbranched alkanes of at least 4 members (excludes halogenated alkanes) is 12. The Balaban J connectivity index is 1.67. The van der Waals surface area contributed by atoms with Gasteiger partial charge in [-0.15, -0.1) is 0 Å². The minimum absolute atomic E-state index is 0.128. The molecular formula is C25H43N3O7. The van der Waals surface area contributed by atoms with Crippen LogP contribution >= 0.6 is 0 Å². The molecule has 1 aromatic rings. The Bertz CT molecular complexity index is 817. The van der Waals surface area contributed by atoms with E-state index in [9.17, 15) is 24.9 Å². The number of rotatable bonds is 17. The summed E-state index contributed by atoms with van der Waals surface area (Å²) in [5, 5.41) is 29.3. The molecule has 0 spiro atoms. The highest BCUT2D eigenvalue weighted by Crippen LogP contribution is 2.28. The van der Waals surface area contributed by atoms with Crippen molar-refractivity contribution in [2.45, 2.75) is 115 Å². The maximum Gasteiger partial charge on any atom is 0.351 e. The topological polar surface area (TPSA) is 157 Å². The van der Waals surface area contributed by atoms with Crippen LogP contribution in [-0.2, 0) is 9.47 Å². The highest BCUT2D eigenvalue weighted by molar-refractivity contribution is 5.93. The molecule has 0 aromatic carbocycles. The van der Waals surface area contributed by atoms with Gasteiger partial charge >= 0.3 is 11.7 Å². The summed E-state index contributed by atoms with van der Waals surface area (Å²) in [5.41, 5.74) is 4.75. The van der Waals surface area contributed by atoms with Crippen molar-refractivity contribution in [2.24, 2.45) is 0 Å². The van der Waals surface area contributed by atoms with Crippen LogP contribution in [0.2, 0.25) is 0 Å². The molecule has 35 heavy (non-hydrogen) atoms. The maximum absolute atomic E-state index is 12.5. The molecule has 1 aliphatic heterocycles. The molecule has 5 N–H and O–H groups in total. The van der Waals surface area contributed by atoms with Crippen molar-refractivity contribution in [1.29, 1.82) is 0 Å². The smallest absolute Gasteiger partial charge is 0.351 e. The van der Waals surface area contributed by atoms with Gasteiger partial charge in [-0.1, -0.05) is 84.0 Å².